The Morgan fingerprint density at radius 3 is 2.94 bits per heavy atom. The Hall–Kier alpha value is -0.510. The van der Waals surface area contributed by atoms with Gasteiger partial charge >= 0.3 is 0 Å². The Kier molecular flexibility index (Phi) is 3.16. The maximum atomic E-state index is 12.7. The van der Waals surface area contributed by atoms with Crippen LogP contribution in [-0.4, -0.2) is 24.2 Å². The summed E-state index contributed by atoms with van der Waals surface area (Å²) in [5.41, 5.74) is 0. The Bertz CT molecular complexity index is 389. The lowest BCUT2D eigenvalue weighted by Gasteiger charge is -2.44. The maximum Gasteiger partial charge on any atom is 0.220 e. The molecule has 2 atom stereocenters. The minimum absolute atomic E-state index is 0.384. The molecule has 2 aliphatic heterocycles. The smallest absolute Gasteiger partial charge is 0.220 e. The minimum Gasteiger partial charge on any atom is -0.636 e. The second-order valence-corrected chi connectivity index (χ2v) is 6.70. The lowest BCUT2D eigenvalue weighted by Crippen LogP contribution is -2.58. The van der Waals surface area contributed by atoms with E-state index in [2.05, 4.69) is 10.2 Å². The fourth-order valence-corrected chi connectivity index (χ4v) is 4.32. The van der Waals surface area contributed by atoms with Crippen molar-refractivity contribution in [2.75, 3.05) is 13.2 Å². The van der Waals surface area contributed by atoms with E-state index in [0.717, 1.165) is 24.7 Å². The highest BCUT2D eigenvalue weighted by Gasteiger charge is 2.42. The molecule has 2 heterocycles. The standard InChI is InChI=1S/C12H17N2O2P/c15-17(12-7-2-1-3-8-12)13-14-9-5-4-6-11(14)10-16-17/h1-3,7-8,11H,4-6,9-10H2,(H,13,15)/t11-,17?/m1/s1. The van der Waals surface area contributed by atoms with Gasteiger partial charge in [-0.25, -0.2) is 9.53 Å². The number of nitrogens with one attached hydrogen (secondary N) is 1. The molecule has 2 fully saturated rings. The van der Waals surface area contributed by atoms with Crippen LogP contribution in [0.2, 0.25) is 0 Å². The summed E-state index contributed by atoms with van der Waals surface area (Å²) in [4.78, 5) is 12.7. The summed E-state index contributed by atoms with van der Waals surface area (Å²) in [5, 5.41) is 5.98. The van der Waals surface area contributed by atoms with Crippen LogP contribution in [0.1, 0.15) is 19.3 Å². The van der Waals surface area contributed by atoms with Crippen LogP contribution in [0.15, 0.2) is 30.3 Å². The molecule has 1 aromatic carbocycles. The van der Waals surface area contributed by atoms with Crippen LogP contribution in [0.5, 0.6) is 0 Å². The van der Waals surface area contributed by atoms with Gasteiger partial charge in [0, 0.05) is 6.54 Å². The van der Waals surface area contributed by atoms with Crippen molar-refractivity contribution in [3.05, 3.63) is 30.3 Å². The van der Waals surface area contributed by atoms with Crippen LogP contribution >= 0.6 is 7.87 Å². The molecular weight excluding hydrogens is 235 g/mol. The normalized spacial score (nSPS) is 34.3. The quantitative estimate of drug-likeness (QED) is 0.752. The number of nitrogens with zero attached hydrogens (tertiary/aromatic N) is 1. The molecule has 0 spiro atoms. The van der Waals surface area contributed by atoms with E-state index in [4.69, 9.17) is 4.52 Å². The van der Waals surface area contributed by atoms with Crippen molar-refractivity contribution >= 4 is 13.2 Å². The van der Waals surface area contributed by atoms with Crippen molar-refractivity contribution in [3.8, 4) is 0 Å². The van der Waals surface area contributed by atoms with Crippen LogP contribution in [0.3, 0.4) is 0 Å². The highest BCUT2D eigenvalue weighted by Crippen LogP contribution is 2.49. The van der Waals surface area contributed by atoms with Crippen molar-refractivity contribution in [1.29, 1.82) is 0 Å². The zero-order valence-corrected chi connectivity index (χ0v) is 10.6. The number of piperidine rings is 1. The fraction of sp³-hybridized carbons (Fsp3) is 0.500. The molecule has 0 radical (unpaired) electrons. The zero-order chi connectivity index (χ0) is 11.7. The molecule has 0 aliphatic carbocycles. The Balaban J connectivity index is 1.80. The number of benzene rings is 1. The number of hydrogen-bond acceptors (Lipinski definition) is 4. The first kappa shape index (κ1) is 11.6. The Morgan fingerprint density at radius 1 is 1.29 bits per heavy atom. The highest BCUT2D eigenvalue weighted by molar-refractivity contribution is 7.70. The Morgan fingerprint density at radius 2 is 2.12 bits per heavy atom. The van der Waals surface area contributed by atoms with Gasteiger partial charge in [0.25, 0.3) is 0 Å². The van der Waals surface area contributed by atoms with Crippen molar-refractivity contribution in [3.63, 3.8) is 0 Å². The van der Waals surface area contributed by atoms with Gasteiger partial charge in [0.1, 0.15) is 11.9 Å². The molecule has 0 amide bonds. The number of hydrazine groups is 1. The molecule has 92 valence electrons. The van der Waals surface area contributed by atoms with E-state index in [-0.39, 0.29) is 0 Å². The van der Waals surface area contributed by atoms with Gasteiger partial charge in [-0.2, -0.15) is 0 Å². The molecule has 3 rings (SSSR count). The first-order valence-corrected chi connectivity index (χ1v) is 7.75. The van der Waals surface area contributed by atoms with Gasteiger partial charge in [0.05, 0.1) is 6.04 Å². The SMILES string of the molecule is [O-][P+]1(c2ccccc2)NN2CCCC[C@@H]2CO1. The molecule has 0 saturated carbocycles. The first-order valence-electron chi connectivity index (χ1n) is 6.13. The molecule has 4 nitrogen and oxygen atoms in total. The fourth-order valence-electron chi connectivity index (χ4n) is 2.45. The van der Waals surface area contributed by atoms with E-state index in [9.17, 15) is 4.89 Å². The van der Waals surface area contributed by atoms with Gasteiger partial charge in [0.2, 0.25) is 7.87 Å². The third-order valence-electron chi connectivity index (χ3n) is 3.43. The summed E-state index contributed by atoms with van der Waals surface area (Å²) in [5.74, 6) is 0. The minimum atomic E-state index is -2.88. The summed E-state index contributed by atoms with van der Waals surface area (Å²) in [6.07, 6.45) is 3.53. The van der Waals surface area contributed by atoms with Crippen LogP contribution < -0.4 is 15.4 Å². The third kappa shape index (κ3) is 2.24. The summed E-state index contributed by atoms with van der Waals surface area (Å²) in [7, 11) is -2.88. The summed E-state index contributed by atoms with van der Waals surface area (Å²) < 4.78 is 5.62. The molecule has 0 aromatic heterocycles. The van der Waals surface area contributed by atoms with Crippen LogP contribution in [-0.2, 0) is 4.52 Å². The van der Waals surface area contributed by atoms with E-state index in [1.54, 1.807) is 0 Å². The van der Waals surface area contributed by atoms with E-state index in [0.29, 0.717) is 12.6 Å². The molecule has 17 heavy (non-hydrogen) atoms. The molecule has 1 aromatic rings. The largest absolute Gasteiger partial charge is 0.636 e. The molecule has 1 N–H and O–H groups in total. The van der Waals surface area contributed by atoms with E-state index in [1.165, 1.54) is 6.42 Å². The van der Waals surface area contributed by atoms with Crippen LogP contribution in [0.4, 0.5) is 0 Å². The van der Waals surface area contributed by atoms with Crippen LogP contribution in [0.25, 0.3) is 0 Å². The van der Waals surface area contributed by atoms with Crippen LogP contribution in [0, 0.1) is 0 Å². The summed E-state index contributed by atoms with van der Waals surface area (Å²) in [6.45, 7) is 1.53. The molecule has 0 bridgehead atoms. The molecule has 1 unspecified atom stereocenters. The second-order valence-electron chi connectivity index (χ2n) is 4.63. The predicted molar refractivity (Wildman–Crippen MR) is 66.4 cm³/mol. The van der Waals surface area contributed by atoms with E-state index >= 15 is 0 Å². The zero-order valence-electron chi connectivity index (χ0n) is 9.71. The molecule has 2 aliphatic rings. The molecule has 5 heteroatoms. The van der Waals surface area contributed by atoms with Gasteiger partial charge < -0.3 is 4.89 Å². The van der Waals surface area contributed by atoms with Gasteiger partial charge in [-0.3, -0.25) is 0 Å². The van der Waals surface area contributed by atoms with Crippen molar-refractivity contribution < 1.29 is 9.42 Å². The lowest BCUT2D eigenvalue weighted by molar-refractivity contribution is -0.206. The Labute approximate surface area is 102 Å². The average molecular weight is 252 g/mol. The second kappa shape index (κ2) is 4.63. The van der Waals surface area contributed by atoms with Gasteiger partial charge in [0.15, 0.2) is 0 Å². The average Bonchev–Trinajstić information content (AvgIpc) is 2.40. The van der Waals surface area contributed by atoms with Crippen molar-refractivity contribution in [1.82, 2.24) is 10.2 Å². The summed E-state index contributed by atoms with van der Waals surface area (Å²) >= 11 is 0. The highest BCUT2D eigenvalue weighted by atomic mass is 31.2. The third-order valence-corrected chi connectivity index (χ3v) is 5.44. The van der Waals surface area contributed by atoms with Crippen molar-refractivity contribution in [2.24, 2.45) is 0 Å². The number of fused-ring (bicyclic) bond motifs is 1. The van der Waals surface area contributed by atoms with E-state index < -0.39 is 7.87 Å². The monoisotopic (exact) mass is 252 g/mol. The first-order chi connectivity index (χ1) is 8.28. The topological polar surface area (TPSA) is 47.6 Å². The molecule has 2 saturated heterocycles. The lowest BCUT2D eigenvalue weighted by atomic mass is 10.1. The predicted octanol–water partition coefficient (Wildman–Crippen LogP) is 0.824. The summed E-state index contributed by atoms with van der Waals surface area (Å²) in [6, 6.07) is 9.80. The maximum absolute atomic E-state index is 12.7. The van der Waals surface area contributed by atoms with Crippen molar-refractivity contribution in [2.45, 2.75) is 25.3 Å². The number of rotatable bonds is 1. The van der Waals surface area contributed by atoms with E-state index in [1.807, 2.05) is 30.3 Å². The number of hydrogen-bond donors (Lipinski definition) is 1. The van der Waals surface area contributed by atoms with Gasteiger partial charge in [-0.1, -0.05) is 29.8 Å². The molecular formula is C12H17N2O2P. The van der Waals surface area contributed by atoms with Gasteiger partial charge in [-0.15, -0.1) is 0 Å². The van der Waals surface area contributed by atoms with Gasteiger partial charge in [-0.05, 0) is 25.0 Å².